The minimum absolute atomic E-state index is 0.0825. The molecule has 4 aromatic rings. The lowest BCUT2D eigenvalue weighted by atomic mass is 10.2. The number of carbonyl (C=O) groups is 1. The summed E-state index contributed by atoms with van der Waals surface area (Å²) in [5, 5.41) is 5.49. The molecule has 0 unspecified atom stereocenters. The SMILES string of the molecule is O=C(c1cc(-c2ccco2)nn1-c1ccc(Cl)c(Cl)c1)N1CCN(CC=Cc2ccccc2)CC1. The molecule has 1 saturated heterocycles. The van der Waals surface area contributed by atoms with Gasteiger partial charge < -0.3 is 9.32 Å². The Bertz CT molecular complexity index is 1320. The maximum absolute atomic E-state index is 13.6. The number of hydrogen-bond acceptors (Lipinski definition) is 4. The molecule has 178 valence electrons. The number of furan rings is 1. The summed E-state index contributed by atoms with van der Waals surface area (Å²) in [6.45, 7) is 3.73. The summed E-state index contributed by atoms with van der Waals surface area (Å²) in [7, 11) is 0. The highest BCUT2D eigenvalue weighted by molar-refractivity contribution is 6.42. The van der Waals surface area contributed by atoms with Crippen molar-refractivity contribution in [2.24, 2.45) is 0 Å². The number of piperazine rings is 1. The van der Waals surface area contributed by atoms with Gasteiger partial charge in [-0.1, -0.05) is 65.7 Å². The van der Waals surface area contributed by atoms with E-state index in [2.05, 4.69) is 34.3 Å². The predicted octanol–water partition coefficient (Wildman–Crippen LogP) is 5.91. The molecule has 0 saturated carbocycles. The average Bonchev–Trinajstić information content (AvgIpc) is 3.57. The van der Waals surface area contributed by atoms with Crippen molar-refractivity contribution in [3.8, 4) is 17.1 Å². The van der Waals surface area contributed by atoms with Gasteiger partial charge in [-0.25, -0.2) is 4.68 Å². The molecule has 8 heteroatoms. The van der Waals surface area contributed by atoms with Gasteiger partial charge in [0.2, 0.25) is 0 Å². The van der Waals surface area contributed by atoms with Crippen LogP contribution in [0.4, 0.5) is 0 Å². The van der Waals surface area contributed by atoms with Crippen molar-refractivity contribution in [3.05, 3.63) is 100 Å². The fourth-order valence-corrected chi connectivity index (χ4v) is 4.38. The lowest BCUT2D eigenvalue weighted by Gasteiger charge is -2.34. The standard InChI is InChI=1S/C27H24Cl2N4O2/c28-22-11-10-21(18-23(22)29)33-25(19-24(30-33)26-9-5-17-35-26)27(34)32-15-13-31(14-16-32)12-4-8-20-6-2-1-3-7-20/h1-11,17-19H,12-16H2. The van der Waals surface area contributed by atoms with Gasteiger partial charge in [0.25, 0.3) is 5.91 Å². The van der Waals surface area contributed by atoms with E-state index in [1.54, 1.807) is 41.3 Å². The maximum atomic E-state index is 13.6. The molecule has 0 aliphatic carbocycles. The highest BCUT2D eigenvalue weighted by Gasteiger charge is 2.26. The molecule has 2 aromatic carbocycles. The van der Waals surface area contributed by atoms with Crippen LogP contribution in [-0.2, 0) is 0 Å². The molecule has 0 N–H and O–H groups in total. The highest BCUT2D eigenvalue weighted by Crippen LogP contribution is 2.28. The molecule has 1 aliphatic heterocycles. The smallest absolute Gasteiger partial charge is 0.272 e. The normalized spacial score (nSPS) is 14.6. The first kappa shape index (κ1) is 23.4. The van der Waals surface area contributed by atoms with Gasteiger partial charge in [-0.2, -0.15) is 5.10 Å². The van der Waals surface area contributed by atoms with Gasteiger partial charge in [0.05, 0.1) is 22.0 Å². The molecule has 2 aromatic heterocycles. The second-order valence-electron chi connectivity index (χ2n) is 8.31. The van der Waals surface area contributed by atoms with Crippen molar-refractivity contribution in [3.63, 3.8) is 0 Å². The third kappa shape index (κ3) is 5.35. The zero-order valence-electron chi connectivity index (χ0n) is 19.0. The van der Waals surface area contributed by atoms with E-state index in [4.69, 9.17) is 27.6 Å². The number of nitrogens with zero attached hydrogens (tertiary/aromatic N) is 4. The van der Waals surface area contributed by atoms with Crippen LogP contribution in [0.25, 0.3) is 23.2 Å². The topological polar surface area (TPSA) is 54.5 Å². The molecule has 0 spiro atoms. The average molecular weight is 507 g/mol. The highest BCUT2D eigenvalue weighted by atomic mass is 35.5. The minimum Gasteiger partial charge on any atom is -0.463 e. The maximum Gasteiger partial charge on any atom is 0.272 e. The molecular weight excluding hydrogens is 483 g/mol. The van der Waals surface area contributed by atoms with Crippen LogP contribution in [0.1, 0.15) is 16.1 Å². The van der Waals surface area contributed by atoms with E-state index >= 15 is 0 Å². The summed E-state index contributed by atoms with van der Waals surface area (Å²) in [4.78, 5) is 17.8. The van der Waals surface area contributed by atoms with Crippen molar-refractivity contribution in [2.45, 2.75) is 0 Å². The van der Waals surface area contributed by atoms with Crippen molar-refractivity contribution in [1.82, 2.24) is 19.6 Å². The summed E-state index contributed by atoms with van der Waals surface area (Å²) in [6, 6.07) is 20.8. The summed E-state index contributed by atoms with van der Waals surface area (Å²) in [6.07, 6.45) is 5.88. The quantitative estimate of drug-likeness (QED) is 0.326. The molecule has 5 rings (SSSR count). The molecule has 0 radical (unpaired) electrons. The second-order valence-corrected chi connectivity index (χ2v) is 9.12. The molecule has 1 amide bonds. The van der Waals surface area contributed by atoms with E-state index in [9.17, 15) is 4.79 Å². The molecule has 6 nitrogen and oxygen atoms in total. The second kappa shape index (κ2) is 10.5. The van der Waals surface area contributed by atoms with E-state index in [0.29, 0.717) is 46.0 Å². The lowest BCUT2D eigenvalue weighted by Crippen LogP contribution is -2.49. The Morgan fingerprint density at radius 3 is 2.46 bits per heavy atom. The summed E-state index contributed by atoms with van der Waals surface area (Å²) in [5.41, 5.74) is 2.87. The predicted molar refractivity (Wildman–Crippen MR) is 139 cm³/mol. The van der Waals surface area contributed by atoms with Crippen molar-refractivity contribution < 1.29 is 9.21 Å². The zero-order valence-corrected chi connectivity index (χ0v) is 20.5. The summed E-state index contributed by atoms with van der Waals surface area (Å²) >= 11 is 12.4. The molecule has 3 heterocycles. The first-order valence-corrected chi connectivity index (χ1v) is 12.2. The number of hydrogen-bond donors (Lipinski definition) is 0. The zero-order chi connectivity index (χ0) is 24.2. The van der Waals surface area contributed by atoms with Crippen LogP contribution < -0.4 is 0 Å². The number of amides is 1. The van der Waals surface area contributed by atoms with Gasteiger partial charge in [-0.3, -0.25) is 9.69 Å². The fraction of sp³-hybridized carbons (Fsp3) is 0.185. The third-order valence-electron chi connectivity index (χ3n) is 5.98. The Hall–Kier alpha value is -3.32. The number of rotatable bonds is 6. The van der Waals surface area contributed by atoms with Gasteiger partial charge in [-0.15, -0.1) is 0 Å². The Morgan fingerprint density at radius 1 is 0.943 bits per heavy atom. The first-order chi connectivity index (χ1) is 17.1. The van der Waals surface area contributed by atoms with Crippen LogP contribution in [0.2, 0.25) is 10.0 Å². The van der Waals surface area contributed by atoms with Gasteiger partial charge >= 0.3 is 0 Å². The van der Waals surface area contributed by atoms with Crippen LogP contribution in [-0.4, -0.2) is 58.2 Å². The van der Waals surface area contributed by atoms with E-state index in [0.717, 1.165) is 19.6 Å². The van der Waals surface area contributed by atoms with Gasteiger partial charge in [0.15, 0.2) is 5.76 Å². The summed E-state index contributed by atoms with van der Waals surface area (Å²) in [5.74, 6) is 0.508. The Morgan fingerprint density at radius 2 is 1.74 bits per heavy atom. The number of benzene rings is 2. The Balaban J connectivity index is 1.31. The van der Waals surface area contributed by atoms with Crippen molar-refractivity contribution in [2.75, 3.05) is 32.7 Å². The molecule has 0 bridgehead atoms. The number of carbonyl (C=O) groups excluding carboxylic acids is 1. The van der Waals surface area contributed by atoms with Crippen LogP contribution in [0.5, 0.6) is 0 Å². The Labute approximate surface area is 214 Å². The van der Waals surface area contributed by atoms with Crippen molar-refractivity contribution >= 4 is 35.2 Å². The third-order valence-corrected chi connectivity index (χ3v) is 6.72. The molecule has 1 aliphatic rings. The van der Waals surface area contributed by atoms with Crippen LogP contribution in [0.15, 0.2) is 83.5 Å². The van der Waals surface area contributed by atoms with Crippen molar-refractivity contribution in [1.29, 1.82) is 0 Å². The van der Waals surface area contributed by atoms with E-state index in [1.165, 1.54) is 5.56 Å². The van der Waals surface area contributed by atoms with Crippen LogP contribution in [0, 0.1) is 0 Å². The fourth-order valence-electron chi connectivity index (χ4n) is 4.09. The van der Waals surface area contributed by atoms with Gasteiger partial charge in [0, 0.05) is 38.8 Å². The molecule has 1 fully saturated rings. The van der Waals surface area contributed by atoms with Crippen LogP contribution in [0.3, 0.4) is 0 Å². The minimum atomic E-state index is -0.0825. The first-order valence-electron chi connectivity index (χ1n) is 11.4. The molecular formula is C27H24Cl2N4O2. The Kier molecular flexibility index (Phi) is 7.04. The van der Waals surface area contributed by atoms with Crippen LogP contribution >= 0.6 is 23.2 Å². The summed E-state index contributed by atoms with van der Waals surface area (Å²) < 4.78 is 7.12. The van der Waals surface area contributed by atoms with Gasteiger partial charge in [-0.05, 0) is 35.9 Å². The van der Waals surface area contributed by atoms with E-state index < -0.39 is 0 Å². The molecule has 0 atom stereocenters. The number of aromatic nitrogens is 2. The number of halogens is 2. The monoisotopic (exact) mass is 506 g/mol. The van der Waals surface area contributed by atoms with Gasteiger partial charge in [0.1, 0.15) is 11.4 Å². The molecule has 35 heavy (non-hydrogen) atoms. The van der Waals surface area contributed by atoms with E-state index in [-0.39, 0.29) is 5.91 Å². The largest absolute Gasteiger partial charge is 0.463 e. The van der Waals surface area contributed by atoms with E-state index in [1.807, 2.05) is 29.2 Å². The lowest BCUT2D eigenvalue weighted by molar-refractivity contribution is 0.0641.